The monoisotopic (exact) mass is 533 g/mol. The minimum absolute atomic E-state index is 0.0921. The van der Waals surface area contributed by atoms with Crippen LogP contribution in [0.2, 0.25) is 0 Å². The molecule has 3 N–H and O–H groups in total. The molecule has 0 heterocycles. The summed E-state index contributed by atoms with van der Waals surface area (Å²) in [5.41, 5.74) is 10.1. The van der Waals surface area contributed by atoms with Crippen LogP contribution in [0.4, 0.5) is 4.39 Å². The van der Waals surface area contributed by atoms with Crippen LogP contribution in [0, 0.1) is 12.7 Å². The van der Waals surface area contributed by atoms with E-state index in [2.05, 4.69) is 5.32 Å². The van der Waals surface area contributed by atoms with Crippen molar-refractivity contribution in [3.63, 3.8) is 0 Å². The summed E-state index contributed by atoms with van der Waals surface area (Å²) in [4.78, 5) is 28.4. The number of benzene rings is 3. The predicted molar refractivity (Wildman–Crippen MR) is 153 cm³/mol. The molecular formula is C32H40FN3O3. The van der Waals surface area contributed by atoms with Crippen LogP contribution in [0.1, 0.15) is 64.1 Å². The Labute approximate surface area is 231 Å². The Balaban J connectivity index is 1.77. The van der Waals surface area contributed by atoms with Crippen molar-refractivity contribution in [3.8, 4) is 0 Å². The highest BCUT2D eigenvalue weighted by atomic mass is 19.1. The molecule has 3 aromatic rings. The summed E-state index contributed by atoms with van der Waals surface area (Å²) >= 11 is 0. The molecule has 3 aromatic carbocycles. The lowest BCUT2D eigenvalue weighted by Crippen LogP contribution is -2.46. The molecule has 0 radical (unpaired) electrons. The number of nitrogens with one attached hydrogen (secondary N) is 1. The topological polar surface area (TPSA) is 84.7 Å². The van der Waals surface area contributed by atoms with E-state index in [-0.39, 0.29) is 11.7 Å². The number of nitrogens with zero attached hydrogens (tertiary/aromatic N) is 1. The third-order valence-corrected chi connectivity index (χ3v) is 6.47. The second-order valence-electron chi connectivity index (χ2n) is 9.93. The molecule has 0 saturated heterocycles. The van der Waals surface area contributed by atoms with Gasteiger partial charge in [0.1, 0.15) is 11.9 Å². The lowest BCUT2D eigenvalue weighted by atomic mass is 10.0. The third kappa shape index (κ3) is 9.30. The van der Waals surface area contributed by atoms with Gasteiger partial charge in [-0.3, -0.25) is 4.79 Å². The molecule has 0 aliphatic carbocycles. The molecule has 2 unspecified atom stereocenters. The van der Waals surface area contributed by atoms with E-state index in [1.54, 1.807) is 30.3 Å². The van der Waals surface area contributed by atoms with Crippen LogP contribution < -0.4 is 11.1 Å². The van der Waals surface area contributed by atoms with Crippen molar-refractivity contribution in [2.45, 2.75) is 58.7 Å². The van der Waals surface area contributed by atoms with Crippen molar-refractivity contribution in [2.75, 3.05) is 19.6 Å². The van der Waals surface area contributed by atoms with Gasteiger partial charge in [0.25, 0.3) is 5.91 Å². The molecule has 0 fully saturated rings. The SMILES string of the molecule is CCCN(CCC)C(=O)c1cc(C)cc(C(=O)OC(CNCc2ccccc2)C(N)Cc2ccc(F)cc2)c1. The number of carbonyl (C=O) groups is 2. The number of esters is 1. The highest BCUT2D eigenvalue weighted by Crippen LogP contribution is 2.16. The van der Waals surface area contributed by atoms with Crippen molar-refractivity contribution >= 4 is 11.9 Å². The van der Waals surface area contributed by atoms with Gasteiger partial charge in [0.05, 0.1) is 5.56 Å². The van der Waals surface area contributed by atoms with E-state index in [0.29, 0.717) is 43.7 Å². The second-order valence-corrected chi connectivity index (χ2v) is 9.93. The number of carbonyl (C=O) groups excluding carboxylic acids is 2. The molecule has 0 bridgehead atoms. The number of halogens is 1. The van der Waals surface area contributed by atoms with Gasteiger partial charge in [0, 0.05) is 37.8 Å². The summed E-state index contributed by atoms with van der Waals surface area (Å²) in [6, 6.07) is 20.7. The predicted octanol–water partition coefficient (Wildman–Crippen LogP) is 5.28. The Morgan fingerprint density at radius 1 is 0.923 bits per heavy atom. The lowest BCUT2D eigenvalue weighted by Gasteiger charge is -2.25. The van der Waals surface area contributed by atoms with Crippen molar-refractivity contribution in [1.82, 2.24) is 10.2 Å². The average molecular weight is 534 g/mol. The quantitative estimate of drug-likeness (QED) is 0.276. The zero-order chi connectivity index (χ0) is 28.2. The van der Waals surface area contributed by atoms with E-state index < -0.39 is 18.1 Å². The minimum atomic E-state index is -0.650. The molecule has 0 aliphatic rings. The molecule has 0 aromatic heterocycles. The van der Waals surface area contributed by atoms with E-state index >= 15 is 0 Å². The molecule has 0 spiro atoms. The van der Waals surface area contributed by atoms with Crippen molar-refractivity contribution in [3.05, 3.63) is 106 Å². The Morgan fingerprint density at radius 2 is 1.56 bits per heavy atom. The first-order chi connectivity index (χ1) is 18.8. The first-order valence-electron chi connectivity index (χ1n) is 13.7. The maximum Gasteiger partial charge on any atom is 0.338 e. The summed E-state index contributed by atoms with van der Waals surface area (Å²) in [5.74, 6) is -0.946. The number of rotatable bonds is 14. The number of hydrogen-bond acceptors (Lipinski definition) is 5. The zero-order valence-electron chi connectivity index (χ0n) is 23.2. The van der Waals surface area contributed by atoms with Gasteiger partial charge in [-0.1, -0.05) is 56.3 Å². The fourth-order valence-corrected chi connectivity index (χ4v) is 4.53. The van der Waals surface area contributed by atoms with Gasteiger partial charge in [-0.05, 0) is 73.2 Å². The molecule has 39 heavy (non-hydrogen) atoms. The fraction of sp³-hybridized carbons (Fsp3) is 0.375. The van der Waals surface area contributed by atoms with Crippen LogP contribution in [0.3, 0.4) is 0 Å². The molecule has 6 nitrogen and oxygen atoms in total. The Bertz CT molecular complexity index is 1200. The van der Waals surface area contributed by atoms with Crippen LogP contribution in [0.5, 0.6) is 0 Å². The van der Waals surface area contributed by atoms with Crippen molar-refractivity contribution < 1.29 is 18.7 Å². The normalized spacial score (nSPS) is 12.5. The van der Waals surface area contributed by atoms with Crippen molar-refractivity contribution in [1.29, 1.82) is 0 Å². The second kappa shape index (κ2) is 15.1. The van der Waals surface area contributed by atoms with E-state index in [1.165, 1.54) is 12.1 Å². The molecule has 0 saturated carbocycles. The number of hydrogen-bond donors (Lipinski definition) is 2. The first kappa shape index (κ1) is 30.0. The zero-order valence-corrected chi connectivity index (χ0v) is 23.2. The van der Waals surface area contributed by atoms with Gasteiger partial charge in [-0.25, -0.2) is 9.18 Å². The fourth-order valence-electron chi connectivity index (χ4n) is 4.53. The van der Waals surface area contributed by atoms with Crippen LogP contribution in [-0.4, -0.2) is 48.6 Å². The minimum Gasteiger partial charge on any atom is -0.456 e. The molecule has 7 heteroatoms. The summed E-state index contributed by atoms with van der Waals surface area (Å²) in [6.45, 7) is 8.18. The van der Waals surface area contributed by atoms with E-state index in [9.17, 15) is 14.0 Å². The average Bonchev–Trinajstić information content (AvgIpc) is 2.93. The summed E-state index contributed by atoms with van der Waals surface area (Å²) < 4.78 is 19.3. The Kier molecular flexibility index (Phi) is 11.6. The standard InChI is InChI=1S/C32H40FN3O3/c1-4-15-36(16-5-2)31(37)26-17-23(3)18-27(20-26)32(38)39-30(22-35-21-25-9-7-6-8-10-25)29(34)19-24-11-13-28(33)14-12-24/h6-14,17-18,20,29-30,35H,4-5,15-16,19,21-22,34H2,1-3H3. The molecular weight excluding hydrogens is 493 g/mol. The van der Waals surface area contributed by atoms with Crippen LogP contribution in [-0.2, 0) is 17.7 Å². The largest absolute Gasteiger partial charge is 0.456 e. The molecule has 3 rings (SSSR count). The van der Waals surface area contributed by atoms with Gasteiger partial charge >= 0.3 is 5.97 Å². The number of amides is 1. The molecule has 1 amide bonds. The number of nitrogens with two attached hydrogens (primary N) is 1. The third-order valence-electron chi connectivity index (χ3n) is 6.47. The molecule has 208 valence electrons. The summed E-state index contributed by atoms with van der Waals surface area (Å²) in [5, 5.41) is 3.34. The van der Waals surface area contributed by atoms with Gasteiger partial charge in [0.2, 0.25) is 0 Å². The van der Waals surface area contributed by atoms with Crippen LogP contribution >= 0.6 is 0 Å². The molecule has 2 atom stereocenters. The number of aryl methyl sites for hydroxylation is 1. The Hall–Kier alpha value is -3.55. The highest BCUT2D eigenvalue weighted by Gasteiger charge is 2.25. The van der Waals surface area contributed by atoms with E-state index in [0.717, 1.165) is 29.5 Å². The van der Waals surface area contributed by atoms with Gasteiger partial charge in [-0.2, -0.15) is 0 Å². The first-order valence-corrected chi connectivity index (χ1v) is 13.7. The Morgan fingerprint density at radius 3 is 2.21 bits per heavy atom. The van der Waals surface area contributed by atoms with Crippen LogP contribution in [0.25, 0.3) is 0 Å². The molecule has 0 aliphatic heterocycles. The van der Waals surface area contributed by atoms with Gasteiger partial charge < -0.3 is 20.7 Å². The van der Waals surface area contributed by atoms with Gasteiger partial charge in [-0.15, -0.1) is 0 Å². The maximum absolute atomic E-state index is 13.4. The van der Waals surface area contributed by atoms with Gasteiger partial charge in [0.15, 0.2) is 0 Å². The van der Waals surface area contributed by atoms with E-state index in [1.807, 2.05) is 56.0 Å². The highest BCUT2D eigenvalue weighted by molar-refractivity contribution is 5.98. The van der Waals surface area contributed by atoms with Crippen LogP contribution in [0.15, 0.2) is 72.8 Å². The lowest BCUT2D eigenvalue weighted by molar-refractivity contribution is 0.0238. The number of ether oxygens (including phenoxy) is 1. The van der Waals surface area contributed by atoms with E-state index in [4.69, 9.17) is 10.5 Å². The van der Waals surface area contributed by atoms with Crippen molar-refractivity contribution in [2.24, 2.45) is 5.73 Å². The summed E-state index contributed by atoms with van der Waals surface area (Å²) in [7, 11) is 0. The maximum atomic E-state index is 13.4. The summed E-state index contributed by atoms with van der Waals surface area (Å²) in [6.07, 6.45) is 1.47. The smallest absolute Gasteiger partial charge is 0.338 e.